The molecule has 3 rings (SSSR count). The van der Waals surface area contributed by atoms with Crippen molar-refractivity contribution >= 4 is 10.8 Å². The zero-order chi connectivity index (χ0) is 17.6. The van der Waals surface area contributed by atoms with Crippen molar-refractivity contribution in [3.63, 3.8) is 0 Å². The number of benzene rings is 1. The number of rotatable bonds is 6. The van der Waals surface area contributed by atoms with E-state index in [0.29, 0.717) is 6.54 Å². The van der Waals surface area contributed by atoms with Crippen molar-refractivity contribution in [3.8, 4) is 0 Å². The molecule has 0 spiro atoms. The predicted molar refractivity (Wildman–Crippen MR) is 98.9 cm³/mol. The second kappa shape index (κ2) is 8.74. The fraction of sp³-hybridized carbons (Fsp3) is 0.474. The normalized spacial score (nSPS) is 22.7. The van der Waals surface area contributed by atoms with E-state index in [9.17, 15) is 8.60 Å². The number of nitrogens with one attached hydrogen (secondary N) is 1. The Balaban J connectivity index is 1.72. The molecule has 0 amide bonds. The van der Waals surface area contributed by atoms with Gasteiger partial charge in [0, 0.05) is 18.9 Å². The van der Waals surface area contributed by atoms with E-state index in [1.54, 1.807) is 19.2 Å². The van der Waals surface area contributed by atoms with E-state index in [2.05, 4.69) is 10.2 Å². The summed E-state index contributed by atoms with van der Waals surface area (Å²) in [4.78, 5) is 2.07. The van der Waals surface area contributed by atoms with Gasteiger partial charge in [-0.15, -0.1) is 0 Å². The second-order valence-corrected chi connectivity index (χ2v) is 8.01. The molecule has 0 saturated carbocycles. The molecule has 2 aliphatic rings. The average Bonchev–Trinajstić information content (AvgIpc) is 2.67. The van der Waals surface area contributed by atoms with Gasteiger partial charge in [0.15, 0.2) is 0 Å². The van der Waals surface area contributed by atoms with Crippen LogP contribution in [0.15, 0.2) is 47.5 Å². The van der Waals surface area contributed by atoms with Gasteiger partial charge in [0.25, 0.3) is 0 Å². The minimum Gasteiger partial charge on any atom is -0.358 e. The molecule has 1 aromatic rings. The molecule has 1 N–H and O–H groups in total. The quantitative estimate of drug-likeness (QED) is 0.842. The average molecular weight is 364 g/mol. The van der Waals surface area contributed by atoms with Crippen LogP contribution in [0.4, 0.5) is 4.39 Å². The van der Waals surface area contributed by atoms with Gasteiger partial charge in [-0.25, -0.2) is 4.39 Å². The predicted octanol–water partition coefficient (Wildman–Crippen LogP) is 2.55. The Bertz CT molecular complexity index is 654. The van der Waals surface area contributed by atoms with Crippen molar-refractivity contribution < 1.29 is 13.3 Å². The first kappa shape index (κ1) is 18.3. The Hall–Kier alpha value is -1.50. The highest BCUT2D eigenvalue weighted by atomic mass is 32.2. The molecule has 25 heavy (non-hydrogen) atoms. The van der Waals surface area contributed by atoms with Crippen molar-refractivity contribution in [2.75, 3.05) is 26.7 Å². The molecule has 136 valence electrons. The molecule has 6 heteroatoms. The van der Waals surface area contributed by atoms with Crippen molar-refractivity contribution in [3.05, 3.63) is 58.9 Å². The Morgan fingerprint density at radius 1 is 1.28 bits per heavy atom. The monoisotopic (exact) mass is 364 g/mol. The number of methoxy groups -OCH3 is 1. The van der Waals surface area contributed by atoms with Crippen LogP contribution in [-0.2, 0) is 22.0 Å². The number of hydrogen-bond acceptors (Lipinski definition) is 4. The Morgan fingerprint density at radius 2 is 2.00 bits per heavy atom. The third kappa shape index (κ3) is 4.57. The van der Waals surface area contributed by atoms with Gasteiger partial charge < -0.3 is 15.0 Å². The number of halogens is 1. The summed E-state index contributed by atoms with van der Waals surface area (Å²) in [5.74, 6) is -0.230. The fourth-order valence-corrected chi connectivity index (χ4v) is 4.91. The number of ether oxygens (including phenoxy) is 1. The van der Waals surface area contributed by atoms with Crippen LogP contribution in [0, 0.1) is 5.82 Å². The smallest absolute Gasteiger partial charge is 0.149 e. The van der Waals surface area contributed by atoms with Crippen LogP contribution < -0.4 is 5.32 Å². The van der Waals surface area contributed by atoms with Crippen LogP contribution in [0.1, 0.15) is 18.4 Å². The van der Waals surface area contributed by atoms with Gasteiger partial charge >= 0.3 is 0 Å². The van der Waals surface area contributed by atoms with E-state index in [1.807, 2.05) is 18.2 Å². The van der Waals surface area contributed by atoms with Gasteiger partial charge in [-0.05, 0) is 62.2 Å². The summed E-state index contributed by atoms with van der Waals surface area (Å²) in [7, 11) is 0.612. The van der Waals surface area contributed by atoms with Crippen LogP contribution in [0.3, 0.4) is 0 Å². The van der Waals surface area contributed by atoms with Crippen molar-refractivity contribution in [2.45, 2.75) is 30.7 Å². The first-order valence-corrected chi connectivity index (χ1v) is 9.94. The Kier molecular flexibility index (Phi) is 6.39. The molecule has 2 unspecified atom stereocenters. The van der Waals surface area contributed by atoms with E-state index in [-0.39, 0.29) is 17.3 Å². The number of allylic oxidation sites excluding steroid dienone is 2. The van der Waals surface area contributed by atoms with Crippen molar-refractivity contribution in [1.82, 2.24) is 10.2 Å². The van der Waals surface area contributed by atoms with Gasteiger partial charge in [0.05, 0.1) is 10.8 Å². The first-order valence-electron chi connectivity index (χ1n) is 8.72. The standard InChI is InChI=1S/C19H25FN2O2S/c1-24-18-3-2-4-19(25(23)17-9-12-21-13-10-17)22(18)14-11-15-5-7-16(20)8-6-15/h2-8,17-18,21H,9-14H2,1H3. The van der Waals surface area contributed by atoms with E-state index in [4.69, 9.17) is 4.74 Å². The van der Waals surface area contributed by atoms with E-state index < -0.39 is 10.8 Å². The molecule has 2 aliphatic heterocycles. The van der Waals surface area contributed by atoms with Gasteiger partial charge in [-0.2, -0.15) is 0 Å². The van der Waals surface area contributed by atoms with Crippen molar-refractivity contribution in [2.24, 2.45) is 0 Å². The Labute approximate surface area is 151 Å². The summed E-state index contributed by atoms with van der Waals surface area (Å²) in [5, 5.41) is 4.34. The maximum atomic E-state index is 13.1. The van der Waals surface area contributed by atoms with Gasteiger partial charge in [0.2, 0.25) is 0 Å². The molecule has 1 saturated heterocycles. The molecule has 2 heterocycles. The van der Waals surface area contributed by atoms with E-state index in [0.717, 1.165) is 42.9 Å². The van der Waals surface area contributed by atoms with Crippen LogP contribution in [0.2, 0.25) is 0 Å². The molecule has 0 aliphatic carbocycles. The lowest BCUT2D eigenvalue weighted by Crippen LogP contribution is -2.42. The molecular formula is C19H25FN2O2S. The van der Waals surface area contributed by atoms with Crippen molar-refractivity contribution in [1.29, 1.82) is 0 Å². The summed E-state index contributed by atoms with van der Waals surface area (Å²) < 4.78 is 31.8. The van der Waals surface area contributed by atoms with Gasteiger partial charge in [-0.3, -0.25) is 4.21 Å². The summed E-state index contributed by atoms with van der Waals surface area (Å²) in [6.45, 7) is 2.52. The third-order valence-electron chi connectivity index (χ3n) is 4.70. The summed E-state index contributed by atoms with van der Waals surface area (Å²) in [6.07, 6.45) is 8.22. The van der Waals surface area contributed by atoms with Crippen LogP contribution in [-0.4, -0.2) is 47.3 Å². The van der Waals surface area contributed by atoms with Crippen LogP contribution in [0.5, 0.6) is 0 Å². The molecule has 4 nitrogen and oxygen atoms in total. The highest BCUT2D eigenvalue weighted by molar-refractivity contribution is 7.89. The molecule has 2 atom stereocenters. The zero-order valence-electron chi connectivity index (χ0n) is 14.5. The summed E-state index contributed by atoms with van der Waals surface area (Å²) >= 11 is 0. The lowest BCUT2D eigenvalue weighted by molar-refractivity contribution is 0.0277. The molecule has 1 aromatic carbocycles. The van der Waals surface area contributed by atoms with E-state index in [1.165, 1.54) is 12.1 Å². The third-order valence-corrected chi connectivity index (χ3v) is 6.56. The highest BCUT2D eigenvalue weighted by Crippen LogP contribution is 2.25. The second-order valence-electron chi connectivity index (χ2n) is 6.33. The summed E-state index contributed by atoms with van der Waals surface area (Å²) in [5.41, 5.74) is 1.05. The zero-order valence-corrected chi connectivity index (χ0v) is 15.3. The molecule has 0 radical (unpaired) electrons. The molecular weight excluding hydrogens is 339 g/mol. The topological polar surface area (TPSA) is 41.6 Å². The Morgan fingerprint density at radius 3 is 2.68 bits per heavy atom. The minimum absolute atomic E-state index is 0.185. The maximum Gasteiger partial charge on any atom is 0.149 e. The minimum atomic E-state index is -1.05. The summed E-state index contributed by atoms with van der Waals surface area (Å²) in [6, 6.07) is 6.54. The molecule has 0 bridgehead atoms. The lowest BCUT2D eigenvalue weighted by Gasteiger charge is -2.36. The number of piperidine rings is 1. The number of hydrogen-bond donors (Lipinski definition) is 1. The first-order chi connectivity index (χ1) is 12.2. The van der Waals surface area contributed by atoms with E-state index >= 15 is 0 Å². The number of nitrogens with zero attached hydrogens (tertiary/aromatic N) is 1. The highest BCUT2D eigenvalue weighted by Gasteiger charge is 2.29. The van der Waals surface area contributed by atoms with Gasteiger partial charge in [-0.1, -0.05) is 18.2 Å². The SMILES string of the molecule is COC1C=CC=C(S(=O)C2CCNCC2)N1CCc1ccc(F)cc1. The van der Waals surface area contributed by atoms with Gasteiger partial charge in [0.1, 0.15) is 17.1 Å². The largest absolute Gasteiger partial charge is 0.358 e. The maximum absolute atomic E-state index is 13.1. The lowest BCUT2D eigenvalue weighted by atomic mass is 10.1. The molecule has 0 aromatic heterocycles. The van der Waals surface area contributed by atoms with Crippen LogP contribution >= 0.6 is 0 Å². The van der Waals surface area contributed by atoms with Crippen LogP contribution in [0.25, 0.3) is 0 Å². The molecule has 1 fully saturated rings. The fourth-order valence-electron chi connectivity index (χ4n) is 3.26.